The van der Waals surface area contributed by atoms with Crippen LogP contribution in [-0.4, -0.2) is 53.9 Å². The van der Waals surface area contributed by atoms with E-state index >= 15 is 0 Å². The van der Waals surface area contributed by atoms with E-state index in [0.29, 0.717) is 58.3 Å². The van der Waals surface area contributed by atoms with E-state index in [0.717, 1.165) is 35.2 Å². The zero-order valence-electron chi connectivity index (χ0n) is 30.5. The zero-order chi connectivity index (χ0) is 38.6. The number of ether oxygens (including phenoxy) is 2. The lowest BCUT2D eigenvalue weighted by molar-refractivity contribution is 0.0751. The van der Waals surface area contributed by atoms with Gasteiger partial charge in [-0.25, -0.2) is 5.01 Å². The van der Waals surface area contributed by atoms with Gasteiger partial charge in [0.25, 0.3) is 23.0 Å². The van der Waals surface area contributed by atoms with Gasteiger partial charge in [0.2, 0.25) is 0 Å². The largest absolute Gasteiger partial charge is 0.493 e. The highest BCUT2D eigenvalue weighted by Gasteiger charge is 2.22. The van der Waals surface area contributed by atoms with E-state index < -0.39 is 5.24 Å². The van der Waals surface area contributed by atoms with Crippen molar-refractivity contribution in [3.05, 3.63) is 154 Å². The van der Waals surface area contributed by atoms with Gasteiger partial charge in [-0.2, -0.15) is 5.10 Å². The van der Waals surface area contributed by atoms with Crippen LogP contribution >= 0.6 is 11.6 Å². The number of aryl methyl sites for hydroxylation is 2. The summed E-state index contributed by atoms with van der Waals surface area (Å²) in [6.07, 6.45) is 1.49. The molecule has 5 aromatic carbocycles. The third-order valence-corrected chi connectivity index (χ3v) is 8.57. The number of amides is 3. The van der Waals surface area contributed by atoms with Crippen molar-refractivity contribution >= 4 is 51.7 Å². The van der Waals surface area contributed by atoms with Crippen LogP contribution in [0.5, 0.6) is 11.5 Å². The van der Waals surface area contributed by atoms with Crippen molar-refractivity contribution < 1.29 is 28.7 Å². The SMILES string of the molecule is CCOc1cc(C2=NN(C(=O)c3cccc(NC(=O)c4ccc(NC(=O)c5cccc(C)c5)cc4)c3)CCC2)ccc1OC.Cc1cccc(C(=O)Cl)c1. The molecule has 0 bridgehead atoms. The Balaban J connectivity index is 0.000000486. The van der Waals surface area contributed by atoms with Gasteiger partial charge in [-0.05, 0) is 124 Å². The average Bonchev–Trinajstić information content (AvgIpc) is 3.18. The van der Waals surface area contributed by atoms with Crippen LogP contribution in [0.1, 0.15) is 77.9 Å². The van der Waals surface area contributed by atoms with E-state index in [-0.39, 0.29) is 17.7 Å². The Kier molecular flexibility index (Phi) is 13.3. The summed E-state index contributed by atoms with van der Waals surface area (Å²) in [6, 6.07) is 33.5. The third-order valence-electron chi connectivity index (χ3n) is 8.35. The minimum atomic E-state index is -0.399. The topological polar surface area (TPSA) is 126 Å². The highest BCUT2D eigenvalue weighted by molar-refractivity contribution is 6.67. The van der Waals surface area contributed by atoms with Crippen molar-refractivity contribution in [2.24, 2.45) is 5.10 Å². The lowest BCUT2D eigenvalue weighted by Crippen LogP contribution is -2.32. The number of benzene rings is 5. The second kappa shape index (κ2) is 18.5. The normalized spacial score (nSPS) is 12.0. The molecule has 0 saturated heterocycles. The first kappa shape index (κ1) is 39.0. The fourth-order valence-electron chi connectivity index (χ4n) is 5.66. The number of hydrogen-bond donors (Lipinski definition) is 2. The molecule has 0 spiro atoms. The predicted molar refractivity (Wildman–Crippen MR) is 212 cm³/mol. The highest BCUT2D eigenvalue weighted by Crippen LogP contribution is 2.30. The Morgan fingerprint density at radius 1 is 0.704 bits per heavy atom. The van der Waals surface area contributed by atoms with E-state index in [9.17, 15) is 19.2 Å². The molecule has 2 N–H and O–H groups in total. The van der Waals surface area contributed by atoms with E-state index in [1.165, 1.54) is 5.01 Å². The fourth-order valence-corrected chi connectivity index (χ4v) is 5.78. The van der Waals surface area contributed by atoms with Crippen LogP contribution < -0.4 is 20.1 Å². The van der Waals surface area contributed by atoms with Crippen molar-refractivity contribution in [1.29, 1.82) is 0 Å². The number of halogens is 1. The number of nitrogens with one attached hydrogen (secondary N) is 2. The van der Waals surface area contributed by atoms with Gasteiger partial charge in [0.1, 0.15) is 0 Å². The molecule has 1 aliphatic heterocycles. The average molecular weight is 745 g/mol. The lowest BCUT2D eigenvalue weighted by atomic mass is 10.0. The number of hydrazone groups is 1. The fraction of sp³-hybridized carbons (Fsp3) is 0.186. The van der Waals surface area contributed by atoms with Crippen molar-refractivity contribution in [2.45, 2.75) is 33.6 Å². The first-order valence-corrected chi connectivity index (χ1v) is 17.8. The number of methoxy groups -OCH3 is 1. The van der Waals surface area contributed by atoms with Gasteiger partial charge >= 0.3 is 0 Å². The highest BCUT2D eigenvalue weighted by atomic mass is 35.5. The van der Waals surface area contributed by atoms with Crippen molar-refractivity contribution in [1.82, 2.24) is 5.01 Å². The summed E-state index contributed by atoms with van der Waals surface area (Å²) in [5.74, 6) is 0.444. The molecule has 5 aromatic rings. The number of anilines is 2. The third kappa shape index (κ3) is 10.4. The second-order valence-electron chi connectivity index (χ2n) is 12.5. The van der Waals surface area contributed by atoms with Crippen LogP contribution in [0.4, 0.5) is 11.4 Å². The molecule has 0 aliphatic carbocycles. The Bertz CT molecular complexity index is 2180. The van der Waals surface area contributed by atoms with Gasteiger partial charge in [0.15, 0.2) is 11.5 Å². The van der Waals surface area contributed by atoms with Gasteiger partial charge in [0, 0.05) is 45.7 Å². The van der Waals surface area contributed by atoms with E-state index in [1.807, 2.05) is 69.3 Å². The molecule has 6 rings (SSSR count). The molecule has 0 fully saturated rings. The number of nitrogens with zero attached hydrogens (tertiary/aromatic N) is 2. The number of hydrogen-bond acceptors (Lipinski definition) is 7. The number of carbonyl (C=O) groups excluding carboxylic acids is 4. The molecule has 0 unspecified atom stereocenters. The Hall–Kier alpha value is -6.26. The summed E-state index contributed by atoms with van der Waals surface area (Å²) in [7, 11) is 1.59. The van der Waals surface area contributed by atoms with Crippen LogP contribution in [0.25, 0.3) is 0 Å². The molecule has 1 aliphatic rings. The summed E-state index contributed by atoms with van der Waals surface area (Å²) in [4.78, 5) is 49.5. The molecule has 54 heavy (non-hydrogen) atoms. The summed E-state index contributed by atoms with van der Waals surface area (Å²) >= 11 is 5.24. The smallest absolute Gasteiger partial charge is 0.274 e. The molecule has 11 heteroatoms. The van der Waals surface area contributed by atoms with Crippen LogP contribution in [-0.2, 0) is 0 Å². The molecule has 10 nitrogen and oxygen atoms in total. The number of carbonyl (C=O) groups is 4. The Morgan fingerprint density at radius 2 is 1.33 bits per heavy atom. The maximum absolute atomic E-state index is 13.4. The molecule has 3 amide bonds. The second-order valence-corrected chi connectivity index (χ2v) is 12.8. The Morgan fingerprint density at radius 3 is 1.98 bits per heavy atom. The minimum absolute atomic E-state index is 0.225. The monoisotopic (exact) mass is 744 g/mol. The first-order chi connectivity index (χ1) is 26.0. The van der Waals surface area contributed by atoms with Gasteiger partial charge < -0.3 is 20.1 Å². The van der Waals surface area contributed by atoms with E-state index in [1.54, 1.807) is 73.8 Å². The maximum Gasteiger partial charge on any atom is 0.274 e. The lowest BCUT2D eigenvalue weighted by Gasteiger charge is -2.24. The zero-order valence-corrected chi connectivity index (χ0v) is 31.3. The van der Waals surface area contributed by atoms with E-state index in [4.69, 9.17) is 21.1 Å². The molecule has 276 valence electrons. The standard InChI is InChI=1S/C35H34N4O5.C8H7ClO/c1-4-44-32-22-25(15-18-31(32)43-3)30-12-7-19-39(38-30)35(42)27-10-6-11-29(21-27)37-33(40)24-13-16-28(17-14-24)36-34(41)26-9-5-8-23(2)20-26;1-6-3-2-4-7(5-6)8(9)10/h5-6,8-11,13-18,20-22H,4,7,12,19H2,1-3H3,(H,36,41)(H,37,40);2-5H,1H3. The minimum Gasteiger partial charge on any atom is -0.493 e. The summed E-state index contributed by atoms with van der Waals surface area (Å²) in [6.45, 7) is 6.74. The van der Waals surface area contributed by atoms with Crippen LogP contribution in [0.3, 0.4) is 0 Å². The maximum atomic E-state index is 13.4. The van der Waals surface area contributed by atoms with Crippen LogP contribution in [0.2, 0.25) is 0 Å². The van der Waals surface area contributed by atoms with Gasteiger partial charge in [-0.3, -0.25) is 19.2 Å². The van der Waals surface area contributed by atoms with Crippen molar-refractivity contribution in [2.75, 3.05) is 30.9 Å². The molecule has 1 heterocycles. The quantitative estimate of drug-likeness (QED) is 0.138. The first-order valence-electron chi connectivity index (χ1n) is 17.4. The van der Waals surface area contributed by atoms with Crippen molar-refractivity contribution in [3.63, 3.8) is 0 Å². The molecule has 0 aromatic heterocycles. The molecule has 0 radical (unpaired) electrons. The number of rotatable bonds is 10. The van der Waals surface area contributed by atoms with Gasteiger partial charge in [0.05, 0.1) is 19.4 Å². The predicted octanol–water partition coefficient (Wildman–Crippen LogP) is 8.92. The van der Waals surface area contributed by atoms with Crippen LogP contribution in [0, 0.1) is 13.8 Å². The Labute approximate surface area is 319 Å². The van der Waals surface area contributed by atoms with Crippen LogP contribution in [0.15, 0.2) is 120 Å². The van der Waals surface area contributed by atoms with Gasteiger partial charge in [-0.1, -0.05) is 47.5 Å². The van der Waals surface area contributed by atoms with E-state index in [2.05, 4.69) is 15.7 Å². The molecule has 0 saturated carbocycles. The van der Waals surface area contributed by atoms with Crippen molar-refractivity contribution in [3.8, 4) is 11.5 Å². The summed E-state index contributed by atoms with van der Waals surface area (Å²) < 4.78 is 11.1. The van der Waals surface area contributed by atoms with Gasteiger partial charge in [-0.15, -0.1) is 0 Å². The molecule has 0 atom stereocenters. The summed E-state index contributed by atoms with van der Waals surface area (Å²) in [5, 5.41) is 11.4. The molecular weight excluding hydrogens is 704 g/mol. The summed E-state index contributed by atoms with van der Waals surface area (Å²) in [5.41, 5.74) is 6.69. The molecular formula is C43H41ClN4O6.